The Morgan fingerprint density at radius 2 is 0.857 bits per heavy atom. The van der Waals surface area contributed by atoms with E-state index < -0.39 is 18.2 Å². The maximum Gasteiger partial charge on any atom is 0.306 e. The summed E-state index contributed by atoms with van der Waals surface area (Å²) >= 11 is 0. The number of rotatable bonds is 50. The lowest BCUT2D eigenvalue weighted by molar-refractivity contribution is -0.151. The fraction of sp³-hybridized carbons (Fsp3) is 0.860. The van der Waals surface area contributed by atoms with Gasteiger partial charge in [0.25, 0.3) is 0 Å². The summed E-state index contributed by atoms with van der Waals surface area (Å²) in [5.74, 6) is -0.472. The predicted octanol–water partition coefficient (Wildman–Crippen LogP) is 16.8. The molecule has 370 valence electrons. The van der Waals surface area contributed by atoms with Crippen LogP contribution in [0.5, 0.6) is 0 Å². The van der Waals surface area contributed by atoms with Crippen molar-refractivity contribution in [3.05, 3.63) is 36.5 Å². The van der Waals surface area contributed by atoms with E-state index in [9.17, 15) is 19.8 Å². The highest BCUT2D eigenvalue weighted by atomic mass is 16.5. The van der Waals surface area contributed by atoms with Crippen molar-refractivity contribution in [2.75, 3.05) is 6.61 Å². The van der Waals surface area contributed by atoms with Crippen LogP contribution in [-0.2, 0) is 14.3 Å². The smallest absolute Gasteiger partial charge is 0.306 e. The summed E-state index contributed by atoms with van der Waals surface area (Å²) in [5.41, 5.74) is 0. The second-order valence-electron chi connectivity index (χ2n) is 19.0. The Labute approximate surface area is 392 Å². The van der Waals surface area contributed by atoms with E-state index in [1.165, 1.54) is 186 Å². The number of carbonyl (C=O) groups excluding carboxylic acids is 2. The average Bonchev–Trinajstić information content (AvgIpc) is 3.28. The van der Waals surface area contributed by atoms with Gasteiger partial charge in [0.2, 0.25) is 5.91 Å². The van der Waals surface area contributed by atoms with Crippen LogP contribution in [-0.4, -0.2) is 46.9 Å². The molecule has 3 N–H and O–H groups in total. The van der Waals surface area contributed by atoms with Gasteiger partial charge in [0.05, 0.1) is 25.2 Å². The number of aliphatic hydroxyl groups excluding tert-OH is 2. The number of carbonyl (C=O) groups is 2. The van der Waals surface area contributed by atoms with Crippen LogP contribution in [0, 0.1) is 0 Å². The molecule has 0 radical (unpaired) electrons. The van der Waals surface area contributed by atoms with Gasteiger partial charge in [0.15, 0.2) is 0 Å². The number of allylic oxidation sites excluding steroid dienone is 6. The number of aliphatic hydroxyl groups is 2. The van der Waals surface area contributed by atoms with Crippen LogP contribution in [0.25, 0.3) is 0 Å². The van der Waals surface area contributed by atoms with Gasteiger partial charge in [-0.15, -0.1) is 0 Å². The quantitative estimate of drug-likeness (QED) is 0.0321. The number of hydrogen-bond donors (Lipinski definition) is 3. The summed E-state index contributed by atoms with van der Waals surface area (Å²) in [5, 5.41) is 23.8. The maximum atomic E-state index is 13.2. The third kappa shape index (κ3) is 46.4. The first-order valence-electron chi connectivity index (χ1n) is 27.7. The van der Waals surface area contributed by atoms with E-state index in [0.717, 1.165) is 57.8 Å². The summed E-state index contributed by atoms with van der Waals surface area (Å²) in [7, 11) is 0. The Kier molecular flexibility index (Phi) is 49.5. The number of hydrogen-bond acceptors (Lipinski definition) is 5. The molecule has 1 amide bonds. The third-order valence-corrected chi connectivity index (χ3v) is 12.8. The Hall–Kier alpha value is -1.92. The minimum atomic E-state index is -0.787. The first-order chi connectivity index (χ1) is 31.0. The molecule has 0 aliphatic heterocycles. The Bertz CT molecular complexity index is 1040. The molecule has 0 aromatic carbocycles. The largest absolute Gasteiger partial charge is 0.462 e. The first kappa shape index (κ1) is 61.1. The molecule has 3 atom stereocenters. The topological polar surface area (TPSA) is 95.9 Å². The molecule has 0 rings (SSSR count). The zero-order valence-corrected chi connectivity index (χ0v) is 42.2. The van der Waals surface area contributed by atoms with Crippen LogP contribution < -0.4 is 5.32 Å². The van der Waals surface area contributed by atoms with E-state index in [1.807, 2.05) is 0 Å². The molecule has 63 heavy (non-hydrogen) atoms. The molecule has 6 heteroatoms. The molecule has 0 aromatic heterocycles. The summed E-state index contributed by atoms with van der Waals surface area (Å²) in [6, 6.07) is -0.701. The number of unbranched alkanes of at least 4 members (excludes halogenated alkanes) is 34. The van der Waals surface area contributed by atoms with E-state index in [2.05, 4.69) is 62.5 Å². The molecule has 6 nitrogen and oxygen atoms in total. The van der Waals surface area contributed by atoms with Crippen molar-refractivity contribution in [1.82, 2.24) is 5.32 Å². The van der Waals surface area contributed by atoms with Crippen LogP contribution in [0.15, 0.2) is 36.5 Å². The predicted molar refractivity (Wildman–Crippen MR) is 273 cm³/mol. The fourth-order valence-corrected chi connectivity index (χ4v) is 8.61. The molecule has 0 bridgehead atoms. The highest BCUT2D eigenvalue weighted by Gasteiger charge is 2.24. The van der Waals surface area contributed by atoms with E-state index in [-0.39, 0.29) is 24.9 Å². The van der Waals surface area contributed by atoms with Crippen LogP contribution in [0.1, 0.15) is 290 Å². The lowest BCUT2D eigenvalue weighted by Crippen LogP contribution is -2.46. The van der Waals surface area contributed by atoms with Gasteiger partial charge in [-0.1, -0.05) is 269 Å². The standard InChI is InChI=1S/C57H107NO5/c1-4-7-10-13-16-19-22-25-28-30-33-36-39-42-45-48-53(63-57(62)50-47-44-41-38-35-32-29-26-23-20-17-14-11-8-5-2)51-56(61)58-54(52-59)55(60)49-46-43-40-37-34-31-27-24-21-18-15-12-9-6-3/h8,11,14,17,20,23,53-55,59-60H,4-7,9-10,12-13,15-16,18-19,21-22,24-52H2,1-3H3,(H,58,61)/b11-8+,17-14+,23-20+. The number of nitrogens with one attached hydrogen (secondary N) is 1. The minimum absolute atomic E-state index is 0.0772. The fourth-order valence-electron chi connectivity index (χ4n) is 8.61. The monoisotopic (exact) mass is 886 g/mol. The van der Waals surface area contributed by atoms with Crippen LogP contribution >= 0.6 is 0 Å². The van der Waals surface area contributed by atoms with Crippen LogP contribution in [0.3, 0.4) is 0 Å². The van der Waals surface area contributed by atoms with Gasteiger partial charge in [-0.25, -0.2) is 0 Å². The molecule has 0 saturated heterocycles. The highest BCUT2D eigenvalue weighted by Crippen LogP contribution is 2.19. The van der Waals surface area contributed by atoms with Crippen molar-refractivity contribution in [3.8, 4) is 0 Å². The molecule has 0 spiro atoms. The minimum Gasteiger partial charge on any atom is -0.462 e. The zero-order valence-electron chi connectivity index (χ0n) is 42.2. The maximum absolute atomic E-state index is 13.2. The van der Waals surface area contributed by atoms with Gasteiger partial charge in [-0.3, -0.25) is 9.59 Å². The van der Waals surface area contributed by atoms with Crippen molar-refractivity contribution >= 4 is 11.9 Å². The molecule has 0 aromatic rings. The van der Waals surface area contributed by atoms with Crippen molar-refractivity contribution < 1.29 is 24.5 Å². The summed E-state index contributed by atoms with van der Waals surface area (Å²) < 4.78 is 5.95. The van der Waals surface area contributed by atoms with Gasteiger partial charge in [0, 0.05) is 6.42 Å². The molecular weight excluding hydrogens is 779 g/mol. The number of esters is 1. The molecule has 0 aliphatic carbocycles. The molecule has 0 fully saturated rings. The number of amides is 1. The van der Waals surface area contributed by atoms with Crippen LogP contribution in [0.2, 0.25) is 0 Å². The summed E-state index contributed by atoms with van der Waals surface area (Å²) in [4.78, 5) is 26.2. The Balaban J connectivity index is 4.55. The SMILES string of the molecule is CC/C=C/C=C/C=C/CCCCCCCCCC(=O)OC(CCCCCCCCCCCCCCCCC)CC(=O)NC(CO)C(O)CCCCCCCCCCCCCCCC. The number of ether oxygens (including phenoxy) is 1. The average molecular weight is 886 g/mol. The van der Waals surface area contributed by atoms with Crippen molar-refractivity contribution in [1.29, 1.82) is 0 Å². The lowest BCUT2D eigenvalue weighted by Gasteiger charge is -2.24. The van der Waals surface area contributed by atoms with Gasteiger partial charge >= 0.3 is 5.97 Å². The van der Waals surface area contributed by atoms with Crippen LogP contribution in [0.4, 0.5) is 0 Å². The molecule has 0 saturated carbocycles. The first-order valence-corrected chi connectivity index (χ1v) is 27.7. The second kappa shape index (κ2) is 51.1. The molecule has 3 unspecified atom stereocenters. The van der Waals surface area contributed by atoms with Crippen molar-refractivity contribution in [3.63, 3.8) is 0 Å². The van der Waals surface area contributed by atoms with E-state index in [0.29, 0.717) is 19.3 Å². The van der Waals surface area contributed by atoms with Gasteiger partial charge in [-0.05, 0) is 44.9 Å². The van der Waals surface area contributed by atoms with E-state index in [4.69, 9.17) is 4.74 Å². The highest BCUT2D eigenvalue weighted by molar-refractivity contribution is 5.77. The third-order valence-electron chi connectivity index (χ3n) is 12.8. The summed E-state index contributed by atoms with van der Waals surface area (Å²) in [6.45, 7) is 6.38. The van der Waals surface area contributed by atoms with Crippen molar-refractivity contribution in [2.45, 2.75) is 309 Å². The van der Waals surface area contributed by atoms with E-state index in [1.54, 1.807) is 0 Å². The van der Waals surface area contributed by atoms with Gasteiger partial charge in [-0.2, -0.15) is 0 Å². The molecule has 0 heterocycles. The molecule has 0 aliphatic rings. The molecular formula is C57H107NO5. The van der Waals surface area contributed by atoms with Crippen molar-refractivity contribution in [2.24, 2.45) is 0 Å². The normalized spacial score (nSPS) is 13.4. The van der Waals surface area contributed by atoms with Gasteiger partial charge in [0.1, 0.15) is 6.10 Å². The lowest BCUT2D eigenvalue weighted by atomic mass is 10.0. The van der Waals surface area contributed by atoms with E-state index >= 15 is 0 Å². The Morgan fingerprint density at radius 3 is 1.29 bits per heavy atom. The van der Waals surface area contributed by atoms with Gasteiger partial charge < -0.3 is 20.3 Å². The second-order valence-corrected chi connectivity index (χ2v) is 19.0. The zero-order chi connectivity index (χ0) is 45.9. The summed E-state index contributed by atoms with van der Waals surface area (Å²) in [6.07, 6.45) is 60.6. The Morgan fingerprint density at radius 1 is 0.476 bits per heavy atom.